The standard InChI is InChI=1S/C23H30N6O2/c1-26-12-13-29(17-23(26)31)21-16-20(24-18-25-21)27-10-5-11-28(15-14-27)22(30)9-8-19-6-3-2-4-7-19/h2-4,6-7,16,18H,5,8-15,17H2,1H3. The molecule has 164 valence electrons. The van der Waals surface area contributed by atoms with Crippen LogP contribution >= 0.6 is 0 Å². The molecule has 0 spiro atoms. The van der Waals surface area contributed by atoms with Crippen molar-refractivity contribution in [3.8, 4) is 0 Å². The number of rotatable bonds is 5. The molecule has 2 aliphatic rings. The van der Waals surface area contributed by atoms with E-state index in [1.807, 2.05) is 41.1 Å². The Morgan fingerprint density at radius 3 is 2.45 bits per heavy atom. The number of likely N-dealkylation sites (N-methyl/N-ethyl adjacent to an activating group) is 1. The summed E-state index contributed by atoms with van der Waals surface area (Å²) in [6.07, 6.45) is 3.79. The molecule has 2 fully saturated rings. The molecular formula is C23H30N6O2. The van der Waals surface area contributed by atoms with Gasteiger partial charge in [0.25, 0.3) is 0 Å². The van der Waals surface area contributed by atoms with Crippen molar-refractivity contribution < 1.29 is 9.59 Å². The number of benzene rings is 1. The Hall–Kier alpha value is -3.16. The molecule has 2 amide bonds. The van der Waals surface area contributed by atoms with E-state index in [0.717, 1.165) is 50.7 Å². The van der Waals surface area contributed by atoms with Crippen molar-refractivity contribution >= 4 is 23.5 Å². The monoisotopic (exact) mass is 422 g/mol. The first-order valence-electron chi connectivity index (χ1n) is 11.0. The number of anilines is 2. The van der Waals surface area contributed by atoms with Gasteiger partial charge in [-0.1, -0.05) is 30.3 Å². The first-order chi connectivity index (χ1) is 15.1. The fourth-order valence-electron chi connectivity index (χ4n) is 4.09. The van der Waals surface area contributed by atoms with Crippen LogP contribution in [0.4, 0.5) is 11.6 Å². The van der Waals surface area contributed by atoms with Crippen LogP contribution in [0.1, 0.15) is 18.4 Å². The Morgan fingerprint density at radius 2 is 1.68 bits per heavy atom. The van der Waals surface area contributed by atoms with Gasteiger partial charge in [0, 0.05) is 58.8 Å². The van der Waals surface area contributed by atoms with Crippen molar-refractivity contribution in [1.29, 1.82) is 0 Å². The third kappa shape index (κ3) is 5.31. The minimum Gasteiger partial charge on any atom is -0.355 e. The van der Waals surface area contributed by atoms with Crippen LogP contribution in [0.2, 0.25) is 0 Å². The number of aromatic nitrogens is 2. The van der Waals surface area contributed by atoms with Crippen molar-refractivity contribution in [3.05, 3.63) is 48.3 Å². The number of amides is 2. The number of nitrogens with zero attached hydrogens (tertiary/aromatic N) is 6. The third-order valence-electron chi connectivity index (χ3n) is 6.06. The molecule has 0 radical (unpaired) electrons. The fourth-order valence-corrected chi connectivity index (χ4v) is 4.09. The van der Waals surface area contributed by atoms with Gasteiger partial charge in [0.15, 0.2) is 0 Å². The van der Waals surface area contributed by atoms with Crippen LogP contribution in [0, 0.1) is 0 Å². The molecule has 31 heavy (non-hydrogen) atoms. The van der Waals surface area contributed by atoms with E-state index in [2.05, 4.69) is 27.0 Å². The van der Waals surface area contributed by atoms with Crippen LogP contribution in [-0.2, 0) is 16.0 Å². The molecule has 2 aliphatic heterocycles. The SMILES string of the molecule is CN1CCN(c2cc(N3CCCN(C(=O)CCc4ccccc4)CC3)ncn2)CC1=O. The maximum atomic E-state index is 12.7. The van der Waals surface area contributed by atoms with Crippen molar-refractivity contribution in [2.75, 3.05) is 62.7 Å². The molecule has 1 aromatic carbocycles. The van der Waals surface area contributed by atoms with Crippen molar-refractivity contribution in [2.24, 2.45) is 0 Å². The van der Waals surface area contributed by atoms with E-state index in [1.165, 1.54) is 5.56 Å². The number of carbonyl (C=O) groups is 2. The quantitative estimate of drug-likeness (QED) is 0.726. The van der Waals surface area contributed by atoms with Gasteiger partial charge < -0.3 is 19.6 Å². The van der Waals surface area contributed by atoms with Crippen LogP contribution in [0.3, 0.4) is 0 Å². The van der Waals surface area contributed by atoms with E-state index in [9.17, 15) is 9.59 Å². The van der Waals surface area contributed by atoms with E-state index in [-0.39, 0.29) is 11.8 Å². The smallest absolute Gasteiger partial charge is 0.241 e. The minimum atomic E-state index is 0.103. The molecule has 0 aliphatic carbocycles. The number of hydrogen-bond acceptors (Lipinski definition) is 6. The Labute approximate surface area is 183 Å². The highest BCUT2D eigenvalue weighted by molar-refractivity contribution is 5.82. The van der Waals surface area contributed by atoms with Gasteiger partial charge >= 0.3 is 0 Å². The van der Waals surface area contributed by atoms with Crippen molar-refractivity contribution in [3.63, 3.8) is 0 Å². The zero-order valence-corrected chi connectivity index (χ0v) is 18.1. The lowest BCUT2D eigenvalue weighted by atomic mass is 10.1. The lowest BCUT2D eigenvalue weighted by Crippen LogP contribution is -2.48. The Bertz CT molecular complexity index is 906. The van der Waals surface area contributed by atoms with Gasteiger partial charge in [0.05, 0.1) is 6.54 Å². The van der Waals surface area contributed by atoms with Gasteiger partial charge in [-0.15, -0.1) is 0 Å². The van der Waals surface area contributed by atoms with E-state index in [0.29, 0.717) is 26.1 Å². The van der Waals surface area contributed by atoms with Crippen LogP contribution < -0.4 is 9.80 Å². The second kappa shape index (κ2) is 9.76. The molecule has 3 heterocycles. The molecule has 2 aromatic rings. The summed E-state index contributed by atoms with van der Waals surface area (Å²) in [7, 11) is 1.83. The molecule has 8 nitrogen and oxygen atoms in total. The van der Waals surface area contributed by atoms with Crippen LogP contribution in [-0.4, -0.2) is 84.4 Å². The molecule has 0 bridgehead atoms. The summed E-state index contributed by atoms with van der Waals surface area (Å²) in [6, 6.07) is 12.1. The molecule has 8 heteroatoms. The number of piperazine rings is 1. The molecule has 4 rings (SSSR count). The van der Waals surface area contributed by atoms with Gasteiger partial charge in [-0.25, -0.2) is 9.97 Å². The van der Waals surface area contributed by atoms with E-state index < -0.39 is 0 Å². The van der Waals surface area contributed by atoms with Crippen molar-refractivity contribution in [1.82, 2.24) is 19.8 Å². The molecule has 0 saturated carbocycles. The summed E-state index contributed by atoms with van der Waals surface area (Å²) in [4.78, 5) is 41.6. The highest BCUT2D eigenvalue weighted by Crippen LogP contribution is 2.20. The summed E-state index contributed by atoms with van der Waals surface area (Å²) >= 11 is 0. The number of carbonyl (C=O) groups excluding carboxylic acids is 2. The zero-order chi connectivity index (χ0) is 21.6. The molecular weight excluding hydrogens is 392 g/mol. The molecule has 2 saturated heterocycles. The second-order valence-corrected chi connectivity index (χ2v) is 8.18. The second-order valence-electron chi connectivity index (χ2n) is 8.18. The Morgan fingerprint density at radius 1 is 0.935 bits per heavy atom. The Balaban J connectivity index is 1.34. The Kier molecular flexibility index (Phi) is 6.64. The van der Waals surface area contributed by atoms with Crippen LogP contribution in [0.15, 0.2) is 42.7 Å². The molecule has 0 unspecified atom stereocenters. The summed E-state index contributed by atoms with van der Waals surface area (Å²) < 4.78 is 0. The zero-order valence-electron chi connectivity index (χ0n) is 18.1. The normalized spacial score (nSPS) is 17.6. The number of aryl methyl sites for hydroxylation is 1. The average Bonchev–Trinajstić information content (AvgIpc) is 3.06. The molecule has 0 N–H and O–H groups in total. The maximum Gasteiger partial charge on any atom is 0.241 e. The van der Waals surface area contributed by atoms with Gasteiger partial charge in [-0.05, 0) is 18.4 Å². The molecule has 1 aromatic heterocycles. The van der Waals surface area contributed by atoms with Gasteiger partial charge in [0.1, 0.15) is 18.0 Å². The summed E-state index contributed by atoms with van der Waals surface area (Å²) in [5.41, 5.74) is 1.20. The predicted octanol–water partition coefficient (Wildman–Crippen LogP) is 1.43. The lowest BCUT2D eigenvalue weighted by molar-refractivity contribution is -0.131. The first kappa shape index (κ1) is 21.1. The predicted molar refractivity (Wildman–Crippen MR) is 120 cm³/mol. The molecule has 0 atom stereocenters. The highest BCUT2D eigenvalue weighted by atomic mass is 16.2. The highest BCUT2D eigenvalue weighted by Gasteiger charge is 2.24. The first-order valence-corrected chi connectivity index (χ1v) is 11.0. The lowest BCUT2D eigenvalue weighted by Gasteiger charge is -2.33. The topological polar surface area (TPSA) is 72.9 Å². The number of hydrogen-bond donors (Lipinski definition) is 0. The van der Waals surface area contributed by atoms with E-state index in [4.69, 9.17) is 0 Å². The fraction of sp³-hybridized carbons (Fsp3) is 0.478. The minimum absolute atomic E-state index is 0.103. The summed E-state index contributed by atoms with van der Waals surface area (Å²) in [5, 5.41) is 0. The van der Waals surface area contributed by atoms with Gasteiger partial charge in [-0.2, -0.15) is 0 Å². The van der Waals surface area contributed by atoms with E-state index >= 15 is 0 Å². The summed E-state index contributed by atoms with van der Waals surface area (Å²) in [5.74, 6) is 1.96. The van der Waals surface area contributed by atoms with Crippen molar-refractivity contribution in [2.45, 2.75) is 19.3 Å². The van der Waals surface area contributed by atoms with Gasteiger partial charge in [-0.3, -0.25) is 9.59 Å². The third-order valence-corrected chi connectivity index (χ3v) is 6.06. The largest absolute Gasteiger partial charge is 0.355 e. The van der Waals surface area contributed by atoms with E-state index in [1.54, 1.807) is 11.2 Å². The van der Waals surface area contributed by atoms with Crippen LogP contribution in [0.5, 0.6) is 0 Å². The maximum absolute atomic E-state index is 12.7. The van der Waals surface area contributed by atoms with Crippen LogP contribution in [0.25, 0.3) is 0 Å². The van der Waals surface area contributed by atoms with Gasteiger partial charge in [0.2, 0.25) is 11.8 Å². The summed E-state index contributed by atoms with van der Waals surface area (Å²) in [6.45, 7) is 4.87. The average molecular weight is 423 g/mol.